The molecule has 1 aromatic carbocycles. The van der Waals surface area contributed by atoms with E-state index >= 15 is 0 Å². The molecule has 0 aromatic heterocycles. The monoisotopic (exact) mass is 297 g/mol. The van der Waals surface area contributed by atoms with Crippen molar-refractivity contribution in [1.29, 1.82) is 0 Å². The Hall–Kier alpha value is -0.900. The molecule has 0 saturated heterocycles. The number of hydrogen-bond acceptors (Lipinski definition) is 3. The number of ketones is 1. The lowest BCUT2D eigenvalue weighted by Crippen LogP contribution is -2.37. The van der Waals surface area contributed by atoms with Gasteiger partial charge in [-0.25, -0.2) is 0 Å². The molecule has 0 bridgehead atoms. The smallest absolute Gasteiger partial charge is 0.165 e. The Morgan fingerprint density at radius 2 is 2.05 bits per heavy atom. The standard InChI is InChI=1S/C16H24ClNO2/c1-4-13(2)18(11-12-20-3)10-9-16(19)14-7-5-6-8-15(14)17/h5-8,13H,4,9-12H2,1-3H3. The van der Waals surface area contributed by atoms with Crippen LogP contribution in [0, 0.1) is 0 Å². The fourth-order valence-electron chi connectivity index (χ4n) is 2.09. The van der Waals surface area contributed by atoms with E-state index in [2.05, 4.69) is 18.7 Å². The minimum absolute atomic E-state index is 0.0984. The highest BCUT2D eigenvalue weighted by Crippen LogP contribution is 2.17. The molecule has 1 rings (SSSR count). The highest BCUT2D eigenvalue weighted by molar-refractivity contribution is 6.33. The van der Waals surface area contributed by atoms with Crippen molar-refractivity contribution < 1.29 is 9.53 Å². The van der Waals surface area contributed by atoms with Crippen LogP contribution in [-0.4, -0.2) is 43.5 Å². The molecule has 1 unspecified atom stereocenters. The Balaban J connectivity index is 2.58. The van der Waals surface area contributed by atoms with Gasteiger partial charge in [0.15, 0.2) is 5.78 Å². The second-order valence-corrected chi connectivity index (χ2v) is 5.35. The predicted molar refractivity (Wildman–Crippen MR) is 83.6 cm³/mol. The molecule has 0 radical (unpaired) electrons. The van der Waals surface area contributed by atoms with Crippen molar-refractivity contribution in [2.45, 2.75) is 32.7 Å². The number of benzene rings is 1. The van der Waals surface area contributed by atoms with Gasteiger partial charge < -0.3 is 4.74 Å². The van der Waals surface area contributed by atoms with Crippen molar-refractivity contribution in [3.63, 3.8) is 0 Å². The number of methoxy groups -OCH3 is 1. The van der Waals surface area contributed by atoms with Crippen molar-refractivity contribution in [3.8, 4) is 0 Å². The van der Waals surface area contributed by atoms with Gasteiger partial charge in [-0.15, -0.1) is 0 Å². The van der Waals surface area contributed by atoms with Gasteiger partial charge in [0.25, 0.3) is 0 Å². The second kappa shape index (κ2) is 9.11. The predicted octanol–water partition coefficient (Wildman–Crippen LogP) is 3.66. The van der Waals surface area contributed by atoms with Crippen LogP contribution in [0.25, 0.3) is 0 Å². The van der Waals surface area contributed by atoms with Gasteiger partial charge in [-0.1, -0.05) is 30.7 Å². The lowest BCUT2D eigenvalue weighted by atomic mass is 10.1. The number of nitrogens with zero attached hydrogens (tertiary/aromatic N) is 1. The van der Waals surface area contributed by atoms with Gasteiger partial charge in [-0.2, -0.15) is 0 Å². The Morgan fingerprint density at radius 1 is 1.35 bits per heavy atom. The molecule has 0 saturated carbocycles. The van der Waals surface area contributed by atoms with Crippen LogP contribution < -0.4 is 0 Å². The highest BCUT2D eigenvalue weighted by atomic mass is 35.5. The molecular weight excluding hydrogens is 274 g/mol. The van der Waals surface area contributed by atoms with Crippen molar-refractivity contribution in [2.75, 3.05) is 26.8 Å². The van der Waals surface area contributed by atoms with Gasteiger partial charge in [-0.3, -0.25) is 9.69 Å². The van der Waals surface area contributed by atoms with E-state index in [1.54, 1.807) is 19.2 Å². The zero-order valence-corrected chi connectivity index (χ0v) is 13.3. The van der Waals surface area contributed by atoms with Gasteiger partial charge in [0, 0.05) is 38.2 Å². The first-order chi connectivity index (χ1) is 9.60. The van der Waals surface area contributed by atoms with Crippen LogP contribution in [0.3, 0.4) is 0 Å². The van der Waals surface area contributed by atoms with E-state index in [0.717, 1.165) is 19.5 Å². The summed E-state index contributed by atoms with van der Waals surface area (Å²) in [5.74, 6) is 0.0984. The molecule has 0 fully saturated rings. The van der Waals surface area contributed by atoms with Crippen LogP contribution in [0.15, 0.2) is 24.3 Å². The van der Waals surface area contributed by atoms with E-state index in [1.165, 1.54) is 0 Å². The molecule has 0 spiro atoms. The molecule has 1 atom stereocenters. The lowest BCUT2D eigenvalue weighted by molar-refractivity contribution is 0.0916. The van der Waals surface area contributed by atoms with E-state index in [-0.39, 0.29) is 5.78 Å². The zero-order valence-electron chi connectivity index (χ0n) is 12.6. The molecule has 0 heterocycles. The molecule has 4 heteroatoms. The summed E-state index contributed by atoms with van der Waals surface area (Å²) in [7, 11) is 1.70. The minimum Gasteiger partial charge on any atom is -0.383 e. The lowest BCUT2D eigenvalue weighted by Gasteiger charge is -2.27. The highest BCUT2D eigenvalue weighted by Gasteiger charge is 2.15. The Morgan fingerprint density at radius 3 is 2.65 bits per heavy atom. The van der Waals surface area contributed by atoms with E-state index in [9.17, 15) is 4.79 Å². The summed E-state index contributed by atoms with van der Waals surface area (Å²) in [5, 5.41) is 0.532. The Labute approximate surface area is 126 Å². The first-order valence-corrected chi connectivity index (χ1v) is 7.48. The van der Waals surface area contributed by atoms with Gasteiger partial charge in [0.2, 0.25) is 0 Å². The summed E-state index contributed by atoms with van der Waals surface area (Å²) in [6, 6.07) is 7.67. The number of Topliss-reactive ketones (excluding diaryl/α,β-unsaturated/α-hetero) is 1. The van der Waals surface area contributed by atoms with Crippen molar-refractivity contribution in [3.05, 3.63) is 34.9 Å². The number of ether oxygens (including phenoxy) is 1. The quantitative estimate of drug-likeness (QED) is 0.652. The van der Waals surface area contributed by atoms with E-state index in [4.69, 9.17) is 16.3 Å². The number of rotatable bonds is 9. The fraction of sp³-hybridized carbons (Fsp3) is 0.562. The second-order valence-electron chi connectivity index (χ2n) is 4.94. The first kappa shape index (κ1) is 17.2. The molecule has 0 amide bonds. The molecule has 3 nitrogen and oxygen atoms in total. The normalized spacial score (nSPS) is 12.7. The summed E-state index contributed by atoms with van der Waals surface area (Å²) in [6.45, 7) is 6.60. The maximum atomic E-state index is 12.2. The fourth-order valence-corrected chi connectivity index (χ4v) is 2.33. The molecule has 1 aromatic rings. The van der Waals surface area contributed by atoms with E-state index in [1.807, 2.05) is 12.1 Å². The topological polar surface area (TPSA) is 29.5 Å². The number of hydrogen-bond donors (Lipinski definition) is 0. The molecule has 0 N–H and O–H groups in total. The summed E-state index contributed by atoms with van der Waals surface area (Å²) in [4.78, 5) is 14.5. The maximum Gasteiger partial charge on any atom is 0.165 e. The van der Waals surface area contributed by atoms with Crippen LogP contribution >= 0.6 is 11.6 Å². The van der Waals surface area contributed by atoms with Crippen molar-refractivity contribution in [1.82, 2.24) is 4.90 Å². The Bertz CT molecular complexity index is 423. The first-order valence-electron chi connectivity index (χ1n) is 7.10. The summed E-state index contributed by atoms with van der Waals surface area (Å²) in [5.41, 5.74) is 0.616. The van der Waals surface area contributed by atoms with Gasteiger partial charge >= 0.3 is 0 Å². The minimum atomic E-state index is 0.0984. The molecular formula is C16H24ClNO2. The van der Waals surface area contributed by atoms with Crippen molar-refractivity contribution >= 4 is 17.4 Å². The third kappa shape index (κ3) is 5.23. The van der Waals surface area contributed by atoms with Gasteiger partial charge in [-0.05, 0) is 25.5 Å². The summed E-state index contributed by atoms with van der Waals surface area (Å²) >= 11 is 6.05. The molecule has 112 valence electrons. The van der Waals surface area contributed by atoms with Crippen LogP contribution in [-0.2, 0) is 4.74 Å². The van der Waals surface area contributed by atoms with E-state index in [0.29, 0.717) is 29.7 Å². The third-order valence-electron chi connectivity index (χ3n) is 3.60. The number of carbonyl (C=O) groups excluding carboxylic acids is 1. The third-order valence-corrected chi connectivity index (χ3v) is 3.93. The van der Waals surface area contributed by atoms with Crippen molar-refractivity contribution in [2.24, 2.45) is 0 Å². The van der Waals surface area contributed by atoms with Crippen LogP contribution in [0.2, 0.25) is 5.02 Å². The zero-order chi connectivity index (χ0) is 15.0. The molecule has 0 aliphatic rings. The maximum absolute atomic E-state index is 12.2. The van der Waals surface area contributed by atoms with Crippen LogP contribution in [0.4, 0.5) is 0 Å². The molecule has 20 heavy (non-hydrogen) atoms. The number of carbonyl (C=O) groups is 1. The summed E-state index contributed by atoms with van der Waals surface area (Å²) in [6.07, 6.45) is 1.54. The largest absolute Gasteiger partial charge is 0.383 e. The van der Waals surface area contributed by atoms with E-state index < -0.39 is 0 Å². The molecule has 0 aliphatic carbocycles. The Kier molecular flexibility index (Phi) is 7.82. The van der Waals surface area contributed by atoms with Crippen LogP contribution in [0.5, 0.6) is 0 Å². The average Bonchev–Trinajstić information content (AvgIpc) is 2.46. The average molecular weight is 298 g/mol. The molecule has 0 aliphatic heterocycles. The van der Waals surface area contributed by atoms with Gasteiger partial charge in [0.1, 0.15) is 0 Å². The SMILES string of the molecule is CCC(C)N(CCOC)CCC(=O)c1ccccc1Cl. The number of halogens is 1. The van der Waals surface area contributed by atoms with Crippen LogP contribution in [0.1, 0.15) is 37.0 Å². The van der Waals surface area contributed by atoms with Gasteiger partial charge in [0.05, 0.1) is 11.6 Å². The summed E-state index contributed by atoms with van der Waals surface area (Å²) < 4.78 is 5.13.